The van der Waals surface area contributed by atoms with Gasteiger partial charge in [-0.25, -0.2) is 4.79 Å². The smallest absolute Gasteiger partial charge is 0.317 e. The van der Waals surface area contributed by atoms with Gasteiger partial charge in [-0.05, 0) is 25.2 Å². The lowest BCUT2D eigenvalue weighted by Crippen LogP contribution is -2.53. The summed E-state index contributed by atoms with van der Waals surface area (Å²) in [6.07, 6.45) is 7.74. The first-order valence-corrected chi connectivity index (χ1v) is 7.33. The topological polar surface area (TPSA) is 78.7 Å². The number of hydrogen-bond donors (Lipinski definition) is 2. The van der Waals surface area contributed by atoms with E-state index in [2.05, 4.69) is 17.5 Å². The highest BCUT2D eigenvalue weighted by Gasteiger charge is 2.22. The minimum atomic E-state index is -0.312. The molecule has 0 aromatic rings. The Hall–Kier alpha value is -1.56. The van der Waals surface area contributed by atoms with Gasteiger partial charge >= 0.3 is 6.03 Å². The third-order valence-electron chi connectivity index (χ3n) is 3.96. The summed E-state index contributed by atoms with van der Waals surface area (Å²) >= 11 is 0. The van der Waals surface area contributed by atoms with Crippen molar-refractivity contribution < 1.29 is 9.59 Å². The normalized spacial score (nSPS) is 23.6. The molecule has 2 aliphatic rings. The fraction of sp³-hybridized carbons (Fsp3) is 0.714. The Kier molecular flexibility index (Phi) is 5.40. The quantitative estimate of drug-likeness (QED) is 0.720. The van der Waals surface area contributed by atoms with Crippen LogP contribution in [0.3, 0.4) is 0 Å². The van der Waals surface area contributed by atoms with Crippen LogP contribution in [-0.4, -0.2) is 61.0 Å². The van der Waals surface area contributed by atoms with Crippen molar-refractivity contribution >= 4 is 11.9 Å². The van der Waals surface area contributed by atoms with E-state index in [-0.39, 0.29) is 18.5 Å². The largest absolute Gasteiger partial charge is 0.369 e. The van der Waals surface area contributed by atoms with Gasteiger partial charge < -0.3 is 16.0 Å². The van der Waals surface area contributed by atoms with Crippen LogP contribution < -0.4 is 11.1 Å². The maximum Gasteiger partial charge on any atom is 0.317 e. The van der Waals surface area contributed by atoms with Crippen molar-refractivity contribution in [3.8, 4) is 0 Å². The van der Waals surface area contributed by atoms with Crippen LogP contribution in [0.15, 0.2) is 12.2 Å². The summed E-state index contributed by atoms with van der Waals surface area (Å²) in [7, 11) is 0. The van der Waals surface area contributed by atoms with Gasteiger partial charge in [0.05, 0.1) is 6.54 Å². The number of allylic oxidation sites excluding steroid dienone is 2. The fourth-order valence-corrected chi connectivity index (χ4v) is 2.71. The number of piperazine rings is 1. The number of nitrogens with one attached hydrogen (secondary N) is 1. The molecule has 1 saturated heterocycles. The van der Waals surface area contributed by atoms with Crippen LogP contribution in [0, 0.1) is 5.92 Å². The summed E-state index contributed by atoms with van der Waals surface area (Å²) < 4.78 is 0. The van der Waals surface area contributed by atoms with Crippen molar-refractivity contribution in [3.63, 3.8) is 0 Å². The molecule has 3 amide bonds. The number of primary amides is 1. The number of nitrogens with two attached hydrogens (primary N) is 1. The van der Waals surface area contributed by atoms with Gasteiger partial charge in [0, 0.05) is 32.7 Å². The van der Waals surface area contributed by atoms with E-state index in [1.165, 1.54) is 0 Å². The monoisotopic (exact) mass is 280 g/mol. The van der Waals surface area contributed by atoms with E-state index in [4.69, 9.17) is 5.73 Å². The molecule has 1 fully saturated rings. The number of amides is 3. The average Bonchev–Trinajstić information content (AvgIpc) is 2.46. The van der Waals surface area contributed by atoms with E-state index >= 15 is 0 Å². The van der Waals surface area contributed by atoms with E-state index in [1.807, 2.05) is 9.80 Å². The van der Waals surface area contributed by atoms with Crippen LogP contribution in [0.2, 0.25) is 0 Å². The first-order chi connectivity index (χ1) is 9.65. The van der Waals surface area contributed by atoms with Crippen LogP contribution in [-0.2, 0) is 4.79 Å². The zero-order valence-corrected chi connectivity index (χ0v) is 11.9. The maximum absolute atomic E-state index is 12.1. The van der Waals surface area contributed by atoms with Crippen molar-refractivity contribution in [1.82, 2.24) is 15.1 Å². The van der Waals surface area contributed by atoms with Gasteiger partial charge in [-0.1, -0.05) is 12.2 Å². The molecule has 1 atom stereocenters. The molecule has 112 valence electrons. The molecule has 1 aliphatic carbocycles. The Morgan fingerprint density at radius 3 is 2.55 bits per heavy atom. The minimum Gasteiger partial charge on any atom is -0.369 e. The number of hydrogen-bond acceptors (Lipinski definition) is 3. The maximum atomic E-state index is 12.1. The number of carbonyl (C=O) groups excluding carboxylic acids is 2. The highest BCUT2D eigenvalue weighted by atomic mass is 16.2. The molecule has 20 heavy (non-hydrogen) atoms. The van der Waals surface area contributed by atoms with Crippen molar-refractivity contribution in [3.05, 3.63) is 12.2 Å². The molecule has 1 heterocycles. The molecule has 0 aromatic heterocycles. The lowest BCUT2D eigenvalue weighted by Gasteiger charge is -2.34. The second-order valence-corrected chi connectivity index (χ2v) is 5.57. The van der Waals surface area contributed by atoms with E-state index in [0.29, 0.717) is 32.1 Å². The molecular formula is C14H24N4O2. The molecule has 6 nitrogen and oxygen atoms in total. The van der Waals surface area contributed by atoms with E-state index < -0.39 is 0 Å². The standard InChI is InChI=1S/C14H24N4O2/c15-13(19)11-17-6-8-18(9-7-17)14(20)16-10-12-4-2-1-3-5-12/h1-2,12H,3-11H2,(H2,15,19)(H,16,20). The molecule has 2 rings (SSSR count). The highest BCUT2D eigenvalue weighted by molar-refractivity contribution is 5.76. The molecule has 0 radical (unpaired) electrons. The lowest BCUT2D eigenvalue weighted by atomic mass is 9.94. The SMILES string of the molecule is NC(=O)CN1CCN(C(=O)NCC2CC=CCC2)CC1. The molecule has 1 aliphatic heterocycles. The Morgan fingerprint density at radius 2 is 1.95 bits per heavy atom. The molecular weight excluding hydrogens is 256 g/mol. The molecule has 3 N–H and O–H groups in total. The summed E-state index contributed by atoms with van der Waals surface area (Å²) in [6, 6.07) is 0.0123. The summed E-state index contributed by atoms with van der Waals surface area (Å²) in [5, 5.41) is 3.02. The fourth-order valence-electron chi connectivity index (χ4n) is 2.71. The molecule has 1 unspecified atom stereocenters. The van der Waals surface area contributed by atoms with Crippen molar-refractivity contribution in [2.24, 2.45) is 11.7 Å². The number of rotatable bonds is 4. The summed E-state index contributed by atoms with van der Waals surface area (Å²) in [4.78, 5) is 26.7. The number of urea groups is 1. The lowest BCUT2D eigenvalue weighted by molar-refractivity contribution is -0.119. The first kappa shape index (κ1) is 14.8. The van der Waals surface area contributed by atoms with E-state index in [9.17, 15) is 9.59 Å². The third-order valence-corrected chi connectivity index (χ3v) is 3.96. The van der Waals surface area contributed by atoms with E-state index in [0.717, 1.165) is 25.8 Å². The van der Waals surface area contributed by atoms with Crippen LogP contribution in [0.25, 0.3) is 0 Å². The molecule has 0 saturated carbocycles. The summed E-state index contributed by atoms with van der Waals surface area (Å²) in [5.41, 5.74) is 5.17. The Bertz CT molecular complexity index is 375. The predicted octanol–water partition coefficient (Wildman–Crippen LogP) is 0.155. The zero-order chi connectivity index (χ0) is 14.4. The van der Waals surface area contributed by atoms with Gasteiger partial charge in [0.25, 0.3) is 0 Å². The van der Waals surface area contributed by atoms with Crippen LogP contribution in [0.1, 0.15) is 19.3 Å². The molecule has 0 spiro atoms. The first-order valence-electron chi connectivity index (χ1n) is 7.33. The van der Waals surface area contributed by atoms with Gasteiger partial charge in [0.2, 0.25) is 5.91 Å². The molecule has 6 heteroatoms. The van der Waals surface area contributed by atoms with Gasteiger partial charge in [0.15, 0.2) is 0 Å². The minimum absolute atomic E-state index is 0.0123. The van der Waals surface area contributed by atoms with Crippen molar-refractivity contribution in [1.29, 1.82) is 0 Å². The van der Waals surface area contributed by atoms with Gasteiger partial charge in [-0.3, -0.25) is 9.69 Å². The van der Waals surface area contributed by atoms with E-state index in [1.54, 1.807) is 0 Å². The predicted molar refractivity (Wildman–Crippen MR) is 77.1 cm³/mol. The third kappa shape index (κ3) is 4.52. The highest BCUT2D eigenvalue weighted by Crippen LogP contribution is 2.17. The van der Waals surface area contributed by atoms with Crippen molar-refractivity contribution in [2.75, 3.05) is 39.3 Å². The molecule has 0 aromatic carbocycles. The Labute approximate surface area is 120 Å². The zero-order valence-electron chi connectivity index (χ0n) is 11.9. The van der Waals surface area contributed by atoms with Gasteiger partial charge in [0.1, 0.15) is 0 Å². The van der Waals surface area contributed by atoms with Gasteiger partial charge in [-0.2, -0.15) is 0 Å². The number of nitrogens with zero attached hydrogens (tertiary/aromatic N) is 2. The average molecular weight is 280 g/mol. The Balaban J connectivity index is 1.66. The second-order valence-electron chi connectivity index (χ2n) is 5.57. The second kappa shape index (κ2) is 7.28. The summed E-state index contributed by atoms with van der Waals surface area (Å²) in [5.74, 6) is 0.258. The van der Waals surface area contributed by atoms with Crippen LogP contribution in [0.4, 0.5) is 4.79 Å². The Morgan fingerprint density at radius 1 is 1.20 bits per heavy atom. The number of carbonyl (C=O) groups is 2. The summed E-state index contributed by atoms with van der Waals surface area (Å²) in [6.45, 7) is 3.77. The molecule has 0 bridgehead atoms. The van der Waals surface area contributed by atoms with Crippen molar-refractivity contribution in [2.45, 2.75) is 19.3 Å². The van der Waals surface area contributed by atoms with Crippen LogP contribution >= 0.6 is 0 Å². The van der Waals surface area contributed by atoms with Gasteiger partial charge in [-0.15, -0.1) is 0 Å². The van der Waals surface area contributed by atoms with Crippen LogP contribution in [0.5, 0.6) is 0 Å².